The van der Waals surface area contributed by atoms with E-state index in [2.05, 4.69) is 15.9 Å². The number of rotatable bonds is 2. The van der Waals surface area contributed by atoms with Crippen LogP contribution in [0.15, 0.2) is 34.8 Å². The first-order chi connectivity index (χ1) is 7.58. The minimum atomic E-state index is -0.297. The first kappa shape index (κ1) is 12.4. The van der Waals surface area contributed by atoms with Gasteiger partial charge in [0.25, 0.3) is 0 Å². The molecule has 0 amide bonds. The molecular formula is C11H6BrCl2FS. The molecule has 0 fully saturated rings. The van der Waals surface area contributed by atoms with Gasteiger partial charge in [-0.1, -0.05) is 23.7 Å². The van der Waals surface area contributed by atoms with E-state index in [1.807, 2.05) is 6.07 Å². The van der Waals surface area contributed by atoms with Crippen molar-refractivity contribution in [2.45, 2.75) is 5.38 Å². The lowest BCUT2D eigenvalue weighted by Crippen LogP contribution is -1.89. The van der Waals surface area contributed by atoms with E-state index < -0.39 is 0 Å². The van der Waals surface area contributed by atoms with E-state index in [9.17, 15) is 4.39 Å². The van der Waals surface area contributed by atoms with Gasteiger partial charge < -0.3 is 0 Å². The fourth-order valence-corrected chi connectivity index (χ4v) is 3.37. The highest BCUT2D eigenvalue weighted by molar-refractivity contribution is 9.10. The van der Waals surface area contributed by atoms with Crippen molar-refractivity contribution >= 4 is 50.5 Å². The van der Waals surface area contributed by atoms with Crippen LogP contribution in [0, 0.1) is 5.82 Å². The van der Waals surface area contributed by atoms with Crippen molar-refractivity contribution in [2.24, 2.45) is 0 Å². The average Bonchev–Trinajstić information content (AvgIpc) is 2.59. The van der Waals surface area contributed by atoms with Crippen LogP contribution in [0.4, 0.5) is 4.39 Å². The highest BCUT2D eigenvalue weighted by Crippen LogP contribution is 2.40. The van der Waals surface area contributed by atoms with Crippen molar-refractivity contribution in [3.63, 3.8) is 0 Å². The van der Waals surface area contributed by atoms with Crippen LogP contribution >= 0.6 is 50.5 Å². The summed E-state index contributed by atoms with van der Waals surface area (Å²) in [7, 11) is 0. The number of hydrogen-bond acceptors (Lipinski definition) is 1. The molecule has 0 nitrogen and oxygen atoms in total. The van der Waals surface area contributed by atoms with Crippen LogP contribution in [-0.4, -0.2) is 0 Å². The Morgan fingerprint density at radius 1 is 1.25 bits per heavy atom. The molecule has 2 aromatic rings. The van der Waals surface area contributed by atoms with Gasteiger partial charge in [-0.05, 0) is 39.7 Å². The van der Waals surface area contributed by atoms with Crippen LogP contribution in [0.25, 0.3) is 0 Å². The molecule has 0 radical (unpaired) electrons. The molecule has 0 bridgehead atoms. The number of alkyl halides is 1. The number of halogens is 4. The van der Waals surface area contributed by atoms with E-state index in [0.29, 0.717) is 4.34 Å². The van der Waals surface area contributed by atoms with Crippen molar-refractivity contribution in [1.29, 1.82) is 0 Å². The zero-order chi connectivity index (χ0) is 11.7. The van der Waals surface area contributed by atoms with Gasteiger partial charge in [0.05, 0.1) is 5.38 Å². The first-order valence-corrected chi connectivity index (χ1v) is 6.84. The monoisotopic (exact) mass is 338 g/mol. The predicted octanol–water partition coefficient (Wildman–Crippen LogP) is 5.63. The molecule has 1 atom stereocenters. The third-order valence-electron chi connectivity index (χ3n) is 2.08. The summed E-state index contributed by atoms with van der Waals surface area (Å²) in [6.45, 7) is 0. The zero-order valence-electron chi connectivity index (χ0n) is 7.88. The van der Waals surface area contributed by atoms with Gasteiger partial charge in [-0.15, -0.1) is 22.9 Å². The van der Waals surface area contributed by atoms with Gasteiger partial charge >= 0.3 is 0 Å². The van der Waals surface area contributed by atoms with E-state index >= 15 is 0 Å². The Bertz CT molecular complexity index is 476. The normalized spacial score (nSPS) is 12.8. The Morgan fingerprint density at radius 3 is 2.38 bits per heavy atom. The lowest BCUT2D eigenvalue weighted by molar-refractivity contribution is 0.627. The molecule has 0 N–H and O–H groups in total. The summed E-state index contributed by atoms with van der Waals surface area (Å²) in [4.78, 5) is 0.935. The molecule has 0 saturated carbocycles. The van der Waals surface area contributed by atoms with Gasteiger partial charge in [0, 0.05) is 9.35 Å². The Kier molecular flexibility index (Phi) is 3.90. The molecule has 16 heavy (non-hydrogen) atoms. The van der Waals surface area contributed by atoms with Crippen LogP contribution in [0.5, 0.6) is 0 Å². The fraction of sp³-hybridized carbons (Fsp3) is 0.0909. The standard InChI is InChI=1S/C11H6BrCl2FS/c12-8-5-9(16-11(8)14)10(13)6-1-3-7(15)4-2-6/h1-5,10H. The van der Waals surface area contributed by atoms with Crippen LogP contribution in [0.1, 0.15) is 15.8 Å². The summed E-state index contributed by atoms with van der Waals surface area (Å²) in [5, 5.41) is -0.297. The molecular weight excluding hydrogens is 334 g/mol. The maximum atomic E-state index is 12.8. The van der Waals surface area contributed by atoms with E-state index in [1.165, 1.54) is 23.5 Å². The van der Waals surface area contributed by atoms with Gasteiger partial charge in [-0.25, -0.2) is 4.39 Å². The highest BCUT2D eigenvalue weighted by Gasteiger charge is 2.15. The van der Waals surface area contributed by atoms with E-state index in [0.717, 1.165) is 14.9 Å². The second-order valence-electron chi connectivity index (χ2n) is 3.18. The number of hydrogen-bond donors (Lipinski definition) is 0. The molecule has 0 spiro atoms. The van der Waals surface area contributed by atoms with Crippen LogP contribution in [-0.2, 0) is 0 Å². The SMILES string of the molecule is Fc1ccc(C(Cl)c2cc(Br)c(Cl)s2)cc1. The topological polar surface area (TPSA) is 0 Å². The smallest absolute Gasteiger partial charge is 0.123 e. The molecule has 5 heteroatoms. The largest absolute Gasteiger partial charge is 0.207 e. The van der Waals surface area contributed by atoms with Crippen molar-refractivity contribution in [2.75, 3.05) is 0 Å². The predicted molar refractivity (Wildman–Crippen MR) is 71.1 cm³/mol. The molecule has 2 rings (SSSR count). The van der Waals surface area contributed by atoms with Gasteiger partial charge in [0.15, 0.2) is 0 Å². The minimum absolute atomic E-state index is 0.266. The molecule has 0 aliphatic rings. The van der Waals surface area contributed by atoms with Crippen molar-refractivity contribution < 1.29 is 4.39 Å². The first-order valence-electron chi connectivity index (χ1n) is 4.42. The van der Waals surface area contributed by atoms with Gasteiger partial charge in [0.1, 0.15) is 10.2 Å². The maximum Gasteiger partial charge on any atom is 0.123 e. The van der Waals surface area contributed by atoms with E-state index in [-0.39, 0.29) is 11.2 Å². The Hall–Kier alpha value is -0.0900. The molecule has 0 aliphatic carbocycles. The molecule has 0 saturated heterocycles. The molecule has 1 aromatic carbocycles. The summed E-state index contributed by atoms with van der Waals surface area (Å²) in [5.41, 5.74) is 0.855. The van der Waals surface area contributed by atoms with E-state index in [1.54, 1.807) is 12.1 Å². The molecule has 1 unspecified atom stereocenters. The maximum absolute atomic E-state index is 12.8. The summed E-state index contributed by atoms with van der Waals surface area (Å²) in [6.07, 6.45) is 0. The van der Waals surface area contributed by atoms with Crippen LogP contribution in [0.3, 0.4) is 0 Å². The summed E-state index contributed by atoms with van der Waals surface area (Å²) in [6, 6.07) is 8.03. The lowest BCUT2D eigenvalue weighted by atomic mass is 10.1. The quantitative estimate of drug-likeness (QED) is 0.622. The Morgan fingerprint density at radius 2 is 1.88 bits per heavy atom. The van der Waals surface area contributed by atoms with Crippen molar-refractivity contribution in [3.05, 3.63) is 55.4 Å². The summed E-state index contributed by atoms with van der Waals surface area (Å²) in [5.74, 6) is -0.266. The van der Waals surface area contributed by atoms with Crippen molar-refractivity contribution in [1.82, 2.24) is 0 Å². The lowest BCUT2D eigenvalue weighted by Gasteiger charge is -2.06. The zero-order valence-corrected chi connectivity index (χ0v) is 11.8. The van der Waals surface area contributed by atoms with Gasteiger partial charge in [0.2, 0.25) is 0 Å². The Labute approximate surface area is 115 Å². The van der Waals surface area contributed by atoms with Gasteiger partial charge in [-0.3, -0.25) is 0 Å². The molecule has 0 aliphatic heterocycles. The average molecular weight is 340 g/mol. The number of thiophene rings is 1. The third-order valence-corrected chi connectivity index (χ3v) is 5.23. The molecule has 1 heterocycles. The van der Waals surface area contributed by atoms with Crippen LogP contribution < -0.4 is 0 Å². The second kappa shape index (κ2) is 5.05. The minimum Gasteiger partial charge on any atom is -0.207 e. The van der Waals surface area contributed by atoms with Crippen molar-refractivity contribution in [3.8, 4) is 0 Å². The Balaban J connectivity index is 2.31. The molecule has 84 valence electrons. The van der Waals surface area contributed by atoms with Crippen LogP contribution in [0.2, 0.25) is 4.34 Å². The highest BCUT2D eigenvalue weighted by atomic mass is 79.9. The van der Waals surface area contributed by atoms with Gasteiger partial charge in [-0.2, -0.15) is 0 Å². The fourth-order valence-electron chi connectivity index (χ4n) is 1.28. The summed E-state index contributed by atoms with van der Waals surface area (Å²) >= 11 is 17.0. The molecule has 1 aromatic heterocycles. The summed E-state index contributed by atoms with van der Waals surface area (Å²) < 4.78 is 14.3. The second-order valence-corrected chi connectivity index (χ2v) is 6.16. The van der Waals surface area contributed by atoms with E-state index in [4.69, 9.17) is 23.2 Å². The third kappa shape index (κ3) is 2.59. The number of benzene rings is 1.